The lowest BCUT2D eigenvalue weighted by Gasteiger charge is -2.12. The van der Waals surface area contributed by atoms with Crippen molar-refractivity contribution in [1.82, 2.24) is 4.90 Å². The molecule has 0 saturated heterocycles. The van der Waals surface area contributed by atoms with Gasteiger partial charge >= 0.3 is 5.97 Å². The van der Waals surface area contributed by atoms with E-state index < -0.39 is 5.97 Å². The summed E-state index contributed by atoms with van der Waals surface area (Å²) in [5.74, 6) is -0.370. The summed E-state index contributed by atoms with van der Waals surface area (Å²) < 4.78 is 6.45. The largest absolute Gasteiger partial charge is 0.493 e. The van der Waals surface area contributed by atoms with Gasteiger partial charge in [0.15, 0.2) is 0 Å². The molecular weight excluding hydrogens is 338 g/mol. The third-order valence-corrected chi connectivity index (χ3v) is 3.16. The van der Waals surface area contributed by atoms with Crippen molar-refractivity contribution in [2.75, 3.05) is 20.7 Å². The lowest BCUT2D eigenvalue weighted by atomic mass is 10.2. The molecule has 6 heteroatoms. The minimum Gasteiger partial charge on any atom is -0.493 e. The average molecular weight is 356 g/mol. The number of carboxylic acid groups (broad SMARTS) is 1. The molecule has 1 rings (SSSR count). The van der Waals surface area contributed by atoms with Gasteiger partial charge in [-0.05, 0) is 30.7 Å². The first-order chi connectivity index (χ1) is 9.90. The Bertz CT molecular complexity index is 540. The number of carboxylic acids is 1. The van der Waals surface area contributed by atoms with Gasteiger partial charge in [-0.25, -0.2) is 4.79 Å². The van der Waals surface area contributed by atoms with Gasteiger partial charge in [0.25, 0.3) is 0 Å². The fourth-order valence-corrected chi connectivity index (χ4v) is 1.95. The van der Waals surface area contributed by atoms with Crippen LogP contribution in [0.1, 0.15) is 18.4 Å². The maximum absolute atomic E-state index is 11.4. The van der Waals surface area contributed by atoms with E-state index in [1.54, 1.807) is 31.1 Å². The minimum atomic E-state index is -1.02. The summed E-state index contributed by atoms with van der Waals surface area (Å²) in [4.78, 5) is 23.6. The van der Waals surface area contributed by atoms with Crippen molar-refractivity contribution in [3.63, 3.8) is 0 Å². The molecule has 1 amide bonds. The van der Waals surface area contributed by atoms with Crippen LogP contribution in [0.5, 0.6) is 5.75 Å². The first kappa shape index (κ1) is 17.2. The summed E-state index contributed by atoms with van der Waals surface area (Å²) in [6.07, 6.45) is 3.57. The van der Waals surface area contributed by atoms with Gasteiger partial charge in [-0.15, -0.1) is 0 Å². The van der Waals surface area contributed by atoms with Crippen molar-refractivity contribution < 1.29 is 19.4 Å². The Kier molecular flexibility index (Phi) is 6.94. The van der Waals surface area contributed by atoms with Crippen LogP contribution in [0.25, 0.3) is 6.08 Å². The highest BCUT2D eigenvalue weighted by Crippen LogP contribution is 2.24. The van der Waals surface area contributed by atoms with Crippen LogP contribution in [0.3, 0.4) is 0 Å². The molecule has 0 spiro atoms. The second-order valence-corrected chi connectivity index (χ2v) is 5.51. The molecule has 1 N–H and O–H groups in total. The molecule has 114 valence electrons. The van der Waals surface area contributed by atoms with Gasteiger partial charge < -0.3 is 14.7 Å². The number of carbonyl (C=O) groups excluding carboxylic acids is 1. The van der Waals surface area contributed by atoms with Crippen LogP contribution in [0.4, 0.5) is 0 Å². The molecule has 0 atom stereocenters. The predicted molar refractivity (Wildman–Crippen MR) is 84.2 cm³/mol. The molecule has 0 aliphatic heterocycles. The molecule has 0 aliphatic rings. The molecule has 0 bridgehead atoms. The van der Waals surface area contributed by atoms with Crippen molar-refractivity contribution in [3.8, 4) is 5.75 Å². The number of carbonyl (C=O) groups is 2. The molecule has 0 fully saturated rings. The van der Waals surface area contributed by atoms with Gasteiger partial charge in [0.05, 0.1) is 6.61 Å². The van der Waals surface area contributed by atoms with Crippen LogP contribution in [-0.4, -0.2) is 42.6 Å². The van der Waals surface area contributed by atoms with Crippen molar-refractivity contribution in [3.05, 3.63) is 34.3 Å². The molecule has 1 aromatic carbocycles. The Morgan fingerprint density at radius 3 is 2.71 bits per heavy atom. The number of rotatable bonds is 7. The summed E-state index contributed by atoms with van der Waals surface area (Å²) in [7, 11) is 3.43. The monoisotopic (exact) mass is 355 g/mol. The van der Waals surface area contributed by atoms with E-state index in [4.69, 9.17) is 9.84 Å². The molecular formula is C15H18BrNO4. The van der Waals surface area contributed by atoms with E-state index in [0.29, 0.717) is 30.8 Å². The number of amides is 1. The van der Waals surface area contributed by atoms with Crippen molar-refractivity contribution in [2.24, 2.45) is 0 Å². The molecule has 5 nitrogen and oxygen atoms in total. The van der Waals surface area contributed by atoms with E-state index in [1.165, 1.54) is 6.08 Å². The zero-order chi connectivity index (χ0) is 15.8. The van der Waals surface area contributed by atoms with Gasteiger partial charge in [0, 0.05) is 36.6 Å². The predicted octanol–water partition coefficient (Wildman–Crippen LogP) is 2.79. The molecule has 0 unspecified atom stereocenters. The number of halogens is 1. The lowest BCUT2D eigenvalue weighted by Crippen LogP contribution is -2.21. The number of hydrogen-bond donors (Lipinski definition) is 1. The zero-order valence-electron chi connectivity index (χ0n) is 12.0. The van der Waals surface area contributed by atoms with Crippen molar-refractivity contribution in [2.45, 2.75) is 12.8 Å². The van der Waals surface area contributed by atoms with E-state index in [0.717, 1.165) is 10.5 Å². The average Bonchev–Trinajstić information content (AvgIpc) is 2.42. The van der Waals surface area contributed by atoms with Crippen molar-refractivity contribution in [1.29, 1.82) is 0 Å². The maximum Gasteiger partial charge on any atom is 0.328 e. The van der Waals surface area contributed by atoms with E-state index in [9.17, 15) is 9.59 Å². The number of ether oxygens (including phenoxy) is 1. The van der Waals surface area contributed by atoms with Gasteiger partial charge in [0.2, 0.25) is 5.91 Å². The Balaban J connectivity index is 2.62. The Morgan fingerprint density at radius 1 is 1.38 bits per heavy atom. The maximum atomic E-state index is 11.4. The number of nitrogens with zero attached hydrogens (tertiary/aromatic N) is 1. The highest BCUT2D eigenvalue weighted by molar-refractivity contribution is 9.10. The Morgan fingerprint density at radius 2 is 2.10 bits per heavy atom. The SMILES string of the molecule is CN(C)C(=O)CCCOc1ccc(Br)cc1C=CC(=O)O. The third kappa shape index (κ3) is 6.44. The minimum absolute atomic E-state index is 0.0559. The standard InChI is InChI=1S/C15H18BrNO4/c1-17(2)14(18)4-3-9-21-13-7-6-12(16)10-11(13)5-8-15(19)20/h5-8,10H,3-4,9H2,1-2H3,(H,19,20). The van der Waals surface area contributed by atoms with Crippen LogP contribution >= 0.6 is 15.9 Å². The molecule has 1 aromatic rings. The number of hydrogen-bond acceptors (Lipinski definition) is 3. The Labute approximate surface area is 132 Å². The summed E-state index contributed by atoms with van der Waals surface area (Å²) >= 11 is 3.33. The van der Waals surface area contributed by atoms with Gasteiger partial charge in [-0.3, -0.25) is 4.79 Å². The van der Waals surface area contributed by atoms with E-state index in [2.05, 4.69) is 15.9 Å². The number of benzene rings is 1. The molecule has 0 aromatic heterocycles. The molecule has 0 aliphatic carbocycles. The fourth-order valence-electron chi connectivity index (χ4n) is 1.57. The van der Waals surface area contributed by atoms with Crippen LogP contribution in [0.15, 0.2) is 28.7 Å². The van der Waals surface area contributed by atoms with Gasteiger partial charge in [-0.2, -0.15) is 0 Å². The normalized spacial score (nSPS) is 10.6. The highest BCUT2D eigenvalue weighted by Gasteiger charge is 2.05. The van der Waals surface area contributed by atoms with E-state index >= 15 is 0 Å². The summed E-state index contributed by atoms with van der Waals surface area (Å²) in [6, 6.07) is 5.36. The molecule has 0 radical (unpaired) electrons. The Hall–Kier alpha value is -1.82. The quantitative estimate of drug-likeness (QED) is 0.603. The fraction of sp³-hybridized carbons (Fsp3) is 0.333. The molecule has 21 heavy (non-hydrogen) atoms. The van der Waals surface area contributed by atoms with E-state index in [1.807, 2.05) is 6.07 Å². The lowest BCUT2D eigenvalue weighted by molar-refractivity contribution is -0.131. The second kappa shape index (κ2) is 8.46. The second-order valence-electron chi connectivity index (χ2n) is 4.59. The highest BCUT2D eigenvalue weighted by atomic mass is 79.9. The summed E-state index contributed by atoms with van der Waals surface area (Å²) in [6.45, 7) is 0.398. The molecule has 0 saturated carbocycles. The number of aliphatic carboxylic acids is 1. The molecule has 0 heterocycles. The third-order valence-electron chi connectivity index (χ3n) is 2.67. The van der Waals surface area contributed by atoms with Crippen molar-refractivity contribution >= 4 is 33.9 Å². The topological polar surface area (TPSA) is 66.8 Å². The van der Waals surface area contributed by atoms with Crippen LogP contribution in [0.2, 0.25) is 0 Å². The van der Waals surface area contributed by atoms with Gasteiger partial charge in [0.1, 0.15) is 5.75 Å². The smallest absolute Gasteiger partial charge is 0.328 e. The van der Waals surface area contributed by atoms with Crippen LogP contribution in [-0.2, 0) is 9.59 Å². The zero-order valence-corrected chi connectivity index (χ0v) is 13.6. The summed E-state index contributed by atoms with van der Waals surface area (Å²) in [5.41, 5.74) is 0.672. The van der Waals surface area contributed by atoms with E-state index in [-0.39, 0.29) is 5.91 Å². The van der Waals surface area contributed by atoms with Crippen LogP contribution < -0.4 is 4.74 Å². The first-order valence-corrected chi connectivity index (χ1v) is 7.23. The van der Waals surface area contributed by atoms with Crippen LogP contribution in [0, 0.1) is 0 Å². The first-order valence-electron chi connectivity index (χ1n) is 6.43. The van der Waals surface area contributed by atoms with Gasteiger partial charge in [-0.1, -0.05) is 15.9 Å². The summed E-state index contributed by atoms with van der Waals surface area (Å²) in [5, 5.41) is 8.68.